The summed E-state index contributed by atoms with van der Waals surface area (Å²) in [4.78, 5) is 49.0. The van der Waals surface area contributed by atoms with Gasteiger partial charge in [-0.3, -0.25) is 29.0 Å². The molecule has 0 spiro atoms. The average Bonchev–Trinajstić information content (AvgIpc) is 3.07. The van der Waals surface area contributed by atoms with Crippen LogP contribution in [0.25, 0.3) is 12.2 Å². The number of carbonyl (C=O) groups is 4. The van der Waals surface area contributed by atoms with Crippen molar-refractivity contribution in [2.45, 2.75) is 0 Å². The van der Waals surface area contributed by atoms with Gasteiger partial charge >= 0.3 is 11.9 Å². The molecule has 12 heteroatoms. The highest BCUT2D eigenvalue weighted by molar-refractivity contribution is 8.27. The third kappa shape index (κ3) is 4.95. The number of rotatable bonds is 6. The van der Waals surface area contributed by atoms with Crippen molar-refractivity contribution in [1.82, 2.24) is 9.80 Å². The third-order valence-corrected chi connectivity index (χ3v) is 6.62. The highest BCUT2D eigenvalue weighted by Crippen LogP contribution is 2.34. The van der Waals surface area contributed by atoms with Crippen molar-refractivity contribution in [2.24, 2.45) is 0 Å². The van der Waals surface area contributed by atoms with Crippen LogP contribution < -0.4 is 0 Å². The molecule has 154 valence electrons. The minimum atomic E-state index is -1.15. The van der Waals surface area contributed by atoms with E-state index in [2.05, 4.69) is 0 Å². The lowest BCUT2D eigenvalue weighted by Gasteiger charge is -2.10. The van der Waals surface area contributed by atoms with E-state index in [9.17, 15) is 19.2 Å². The fourth-order valence-electron chi connectivity index (χ4n) is 2.53. The minimum absolute atomic E-state index is 0.189. The Morgan fingerprint density at radius 2 is 1.13 bits per heavy atom. The molecule has 2 aliphatic heterocycles. The number of nitrogens with zero attached hydrogens (tertiary/aromatic N) is 2. The number of hydrogen-bond donors (Lipinski definition) is 2. The molecule has 2 N–H and O–H groups in total. The highest BCUT2D eigenvalue weighted by Gasteiger charge is 2.34. The Balaban J connectivity index is 1.75. The van der Waals surface area contributed by atoms with E-state index in [-0.39, 0.29) is 8.64 Å². The van der Waals surface area contributed by atoms with Gasteiger partial charge in [0.1, 0.15) is 21.7 Å². The number of hydrogen-bond acceptors (Lipinski definition) is 8. The van der Waals surface area contributed by atoms with Crippen molar-refractivity contribution < 1.29 is 29.4 Å². The molecule has 0 unspecified atom stereocenters. The van der Waals surface area contributed by atoms with E-state index in [1.807, 2.05) is 0 Å². The van der Waals surface area contributed by atoms with E-state index in [0.29, 0.717) is 20.9 Å². The molecule has 0 aromatic heterocycles. The Labute approximate surface area is 189 Å². The van der Waals surface area contributed by atoms with Gasteiger partial charge in [-0.15, -0.1) is 0 Å². The number of carboxylic acid groups (broad SMARTS) is 2. The zero-order valence-electron chi connectivity index (χ0n) is 14.9. The monoisotopic (exact) mass is 480 g/mol. The SMILES string of the molecule is O=C(O)CN1C(=O)C(=Cc2ccc(C=C3SC(=S)N(CC(=O)O)C3=O)cc2)SC1=S. The Hall–Kier alpha value is -2.54. The molecule has 1 aromatic carbocycles. The van der Waals surface area contributed by atoms with Crippen LogP contribution in [0.4, 0.5) is 0 Å². The fraction of sp³-hybridized carbons (Fsp3) is 0.111. The number of thiocarbonyl (C=S) groups is 2. The molecule has 2 heterocycles. The van der Waals surface area contributed by atoms with E-state index in [1.165, 1.54) is 0 Å². The highest BCUT2D eigenvalue weighted by atomic mass is 32.2. The Kier molecular flexibility index (Phi) is 6.71. The van der Waals surface area contributed by atoms with Crippen molar-refractivity contribution >= 4 is 92.5 Å². The molecular weight excluding hydrogens is 468 g/mol. The third-order valence-electron chi connectivity index (χ3n) is 3.87. The molecule has 2 saturated heterocycles. The van der Waals surface area contributed by atoms with Gasteiger partial charge in [-0.25, -0.2) is 0 Å². The van der Waals surface area contributed by atoms with Crippen LogP contribution in [-0.2, 0) is 19.2 Å². The minimum Gasteiger partial charge on any atom is -0.480 e. The van der Waals surface area contributed by atoms with Crippen molar-refractivity contribution in [3.63, 3.8) is 0 Å². The lowest BCUT2D eigenvalue weighted by molar-refractivity contribution is -0.140. The molecule has 1 aromatic rings. The van der Waals surface area contributed by atoms with Gasteiger partial charge in [0, 0.05) is 0 Å². The summed E-state index contributed by atoms with van der Waals surface area (Å²) in [6.45, 7) is -0.970. The van der Waals surface area contributed by atoms with Gasteiger partial charge in [0.25, 0.3) is 11.8 Å². The maximum absolute atomic E-state index is 12.3. The predicted molar refractivity (Wildman–Crippen MR) is 121 cm³/mol. The molecule has 0 bridgehead atoms. The number of benzene rings is 1. The van der Waals surface area contributed by atoms with Gasteiger partial charge in [0.2, 0.25) is 0 Å². The van der Waals surface area contributed by atoms with Crippen molar-refractivity contribution in [1.29, 1.82) is 0 Å². The van der Waals surface area contributed by atoms with Gasteiger partial charge in [0.05, 0.1) is 9.81 Å². The molecule has 2 fully saturated rings. The molecule has 30 heavy (non-hydrogen) atoms. The lowest BCUT2D eigenvalue weighted by atomic mass is 10.1. The Bertz CT molecular complexity index is 964. The quantitative estimate of drug-likeness (QED) is 0.464. The molecule has 3 rings (SSSR count). The summed E-state index contributed by atoms with van der Waals surface area (Å²) in [5.74, 6) is -3.21. The van der Waals surface area contributed by atoms with Crippen LogP contribution in [0.3, 0.4) is 0 Å². The van der Waals surface area contributed by atoms with Crippen molar-refractivity contribution in [3.05, 3.63) is 45.2 Å². The first kappa shape index (κ1) is 22.2. The number of aliphatic carboxylic acids is 2. The lowest BCUT2D eigenvalue weighted by Crippen LogP contribution is -2.33. The van der Waals surface area contributed by atoms with Crippen LogP contribution in [0.15, 0.2) is 34.1 Å². The molecule has 2 amide bonds. The van der Waals surface area contributed by atoms with Crippen LogP contribution in [0, 0.1) is 0 Å². The first-order valence-electron chi connectivity index (χ1n) is 8.20. The summed E-state index contributed by atoms with van der Waals surface area (Å²) in [6.07, 6.45) is 3.22. The maximum atomic E-state index is 12.3. The van der Waals surface area contributed by atoms with Gasteiger partial charge in [-0.1, -0.05) is 72.2 Å². The van der Waals surface area contributed by atoms with Crippen LogP contribution in [-0.4, -0.2) is 65.5 Å². The second kappa shape index (κ2) is 9.08. The first-order valence-corrected chi connectivity index (χ1v) is 10.6. The summed E-state index contributed by atoms with van der Waals surface area (Å²) in [5, 5.41) is 17.7. The number of carbonyl (C=O) groups excluding carboxylic acids is 2. The largest absolute Gasteiger partial charge is 0.480 e. The van der Waals surface area contributed by atoms with E-state index < -0.39 is 36.8 Å². The Morgan fingerprint density at radius 1 is 0.800 bits per heavy atom. The van der Waals surface area contributed by atoms with E-state index in [0.717, 1.165) is 33.3 Å². The van der Waals surface area contributed by atoms with Crippen LogP contribution in [0.5, 0.6) is 0 Å². The van der Waals surface area contributed by atoms with E-state index in [1.54, 1.807) is 36.4 Å². The normalized spacial score (nSPS) is 19.5. The van der Waals surface area contributed by atoms with Crippen molar-refractivity contribution in [3.8, 4) is 0 Å². The summed E-state index contributed by atoms with van der Waals surface area (Å²) < 4.78 is 0.377. The van der Waals surface area contributed by atoms with Gasteiger partial charge in [-0.2, -0.15) is 0 Å². The van der Waals surface area contributed by atoms with Crippen LogP contribution in [0.2, 0.25) is 0 Å². The second-order valence-corrected chi connectivity index (χ2v) is 9.34. The number of amides is 2. The van der Waals surface area contributed by atoms with Gasteiger partial charge in [-0.05, 0) is 23.3 Å². The van der Waals surface area contributed by atoms with E-state index >= 15 is 0 Å². The molecule has 0 radical (unpaired) electrons. The summed E-state index contributed by atoms with van der Waals surface area (Å²) in [7, 11) is 0. The topological polar surface area (TPSA) is 115 Å². The number of thioether (sulfide) groups is 2. The summed E-state index contributed by atoms with van der Waals surface area (Å²) in [5.41, 5.74) is 1.39. The maximum Gasteiger partial charge on any atom is 0.323 e. The molecule has 8 nitrogen and oxygen atoms in total. The summed E-state index contributed by atoms with van der Waals surface area (Å²) >= 11 is 12.2. The standard InChI is InChI=1S/C18H12N2O6S4/c21-13(22)7-19-15(25)11(29-17(19)27)5-9-1-2-10(4-3-9)6-12-16(26)20(8-14(23)24)18(28)30-12/h1-6H,7-8H2,(H,21,22)(H,23,24). The molecule has 0 aliphatic carbocycles. The van der Waals surface area contributed by atoms with Gasteiger partial charge < -0.3 is 10.2 Å². The van der Waals surface area contributed by atoms with Crippen LogP contribution in [0.1, 0.15) is 11.1 Å². The Morgan fingerprint density at radius 3 is 1.43 bits per heavy atom. The van der Waals surface area contributed by atoms with E-state index in [4.69, 9.17) is 34.6 Å². The van der Waals surface area contributed by atoms with Crippen LogP contribution >= 0.6 is 48.0 Å². The zero-order chi connectivity index (χ0) is 22.0. The fourth-order valence-corrected chi connectivity index (χ4v) is 5.04. The van der Waals surface area contributed by atoms with Crippen molar-refractivity contribution in [2.75, 3.05) is 13.1 Å². The molecule has 0 saturated carbocycles. The molecular formula is C18H12N2O6S4. The number of carboxylic acids is 2. The average molecular weight is 481 g/mol. The zero-order valence-corrected chi connectivity index (χ0v) is 18.2. The first-order chi connectivity index (χ1) is 14.2. The summed E-state index contributed by atoms with van der Waals surface area (Å²) in [6, 6.07) is 6.92. The smallest absolute Gasteiger partial charge is 0.323 e. The molecule has 2 aliphatic rings. The second-order valence-electron chi connectivity index (χ2n) is 5.99. The predicted octanol–water partition coefficient (Wildman–Crippen LogP) is 2.26. The molecule has 0 atom stereocenters. The van der Waals surface area contributed by atoms with Gasteiger partial charge in [0.15, 0.2) is 0 Å².